The van der Waals surface area contributed by atoms with E-state index < -0.39 is 5.41 Å². The van der Waals surface area contributed by atoms with E-state index in [1.165, 1.54) is 65.5 Å². The van der Waals surface area contributed by atoms with Crippen LogP contribution in [0.25, 0.3) is 78.4 Å². The standard InChI is InChI=1S/C71H54N4/c1-4-16-50(17-5-1)67-73-68(51-33-31-48(32-34-51)61-28-14-18-49-23-15-37-72-66(49)61)75-69(74-67)56-22-13-21-54(44-56)52-19-12-20-53(43-52)55-35-36-64-65(45-55)70(57-24-6-2-7-25-57,58-26-8-3-9-27-58)62-29-10-11-30-63(62)71(64)59-39-46-38-47(41-59)42-60(71)40-46/h1-37,43-47,59-60H,38-42H2. The molecule has 5 aliphatic carbocycles. The Kier molecular flexibility index (Phi) is 10.3. The van der Waals surface area contributed by atoms with Gasteiger partial charge in [0.05, 0.1) is 10.9 Å². The molecule has 2 aromatic heterocycles. The molecular formula is C71H54N4. The molecule has 75 heavy (non-hydrogen) atoms. The largest absolute Gasteiger partial charge is 0.256 e. The minimum absolute atomic E-state index is 0.0127. The Labute approximate surface area is 438 Å². The number of aromatic nitrogens is 4. The summed E-state index contributed by atoms with van der Waals surface area (Å²) in [6.07, 6.45) is 8.64. The van der Waals surface area contributed by atoms with Crippen LogP contribution in [0.2, 0.25) is 0 Å². The van der Waals surface area contributed by atoms with Crippen LogP contribution in [0.15, 0.2) is 243 Å². The highest BCUT2D eigenvalue weighted by atomic mass is 15.0. The van der Waals surface area contributed by atoms with Gasteiger partial charge in [0, 0.05) is 39.3 Å². The van der Waals surface area contributed by atoms with E-state index in [1.54, 1.807) is 11.1 Å². The number of fused-ring (bicyclic) bond motifs is 3. The second-order valence-corrected chi connectivity index (χ2v) is 21.8. The lowest BCUT2D eigenvalue weighted by molar-refractivity contribution is -0.0440. The number of pyridine rings is 1. The first-order chi connectivity index (χ1) is 37.1. The van der Waals surface area contributed by atoms with Crippen molar-refractivity contribution < 1.29 is 0 Å². The van der Waals surface area contributed by atoms with Crippen molar-refractivity contribution in [1.29, 1.82) is 0 Å². The molecule has 0 aliphatic heterocycles. The number of para-hydroxylation sites is 1. The van der Waals surface area contributed by atoms with Gasteiger partial charge in [-0.3, -0.25) is 4.98 Å². The van der Waals surface area contributed by atoms with Gasteiger partial charge in [0.15, 0.2) is 17.5 Å². The first-order valence-electron chi connectivity index (χ1n) is 26.9. The van der Waals surface area contributed by atoms with Gasteiger partial charge in [0.1, 0.15) is 0 Å². The third-order valence-electron chi connectivity index (χ3n) is 17.9. The molecule has 1 spiro atoms. The van der Waals surface area contributed by atoms with Crippen LogP contribution in [-0.2, 0) is 10.8 Å². The molecule has 5 aliphatic rings. The Morgan fingerprint density at radius 2 is 0.773 bits per heavy atom. The maximum Gasteiger partial charge on any atom is 0.164 e. The Balaban J connectivity index is 0.849. The fourth-order valence-electron chi connectivity index (χ4n) is 15.0. The average molecular weight is 963 g/mol. The quantitative estimate of drug-likeness (QED) is 0.152. The number of rotatable bonds is 8. The Morgan fingerprint density at radius 1 is 0.320 bits per heavy atom. The topological polar surface area (TPSA) is 51.6 Å². The minimum Gasteiger partial charge on any atom is -0.256 e. The molecule has 0 amide bonds. The van der Waals surface area contributed by atoms with Crippen molar-refractivity contribution in [3.63, 3.8) is 0 Å². The SMILES string of the molecule is c1ccc(-c2nc(-c3ccc(-c4cccc5cccnc45)cc3)nc(-c3cccc(-c4cccc(-c5ccc6c(c5)C(c5ccccc5)(c5ccccc5)c5ccccc5C65C6CC7CC(C6)CC5C7)c4)c3)n2)cc1. The smallest absolute Gasteiger partial charge is 0.164 e. The van der Waals surface area contributed by atoms with E-state index in [4.69, 9.17) is 19.9 Å². The van der Waals surface area contributed by atoms with E-state index in [0.717, 1.165) is 61.7 Å². The summed E-state index contributed by atoms with van der Waals surface area (Å²) >= 11 is 0. The zero-order chi connectivity index (χ0) is 49.5. The van der Waals surface area contributed by atoms with Crippen molar-refractivity contribution in [1.82, 2.24) is 19.9 Å². The van der Waals surface area contributed by atoms with Crippen molar-refractivity contribution in [3.05, 3.63) is 276 Å². The molecule has 0 saturated heterocycles. The average Bonchev–Trinajstić information content (AvgIpc) is 3.49. The van der Waals surface area contributed by atoms with Gasteiger partial charge in [-0.15, -0.1) is 0 Å². The van der Waals surface area contributed by atoms with Gasteiger partial charge in [-0.2, -0.15) is 0 Å². The molecule has 11 aromatic rings. The molecule has 358 valence electrons. The highest BCUT2D eigenvalue weighted by molar-refractivity contribution is 5.93. The summed E-state index contributed by atoms with van der Waals surface area (Å²) in [5.74, 6) is 4.90. The fraction of sp³-hybridized carbons (Fsp3) is 0.155. The molecule has 4 fully saturated rings. The van der Waals surface area contributed by atoms with Crippen LogP contribution in [-0.4, -0.2) is 19.9 Å². The molecule has 4 bridgehead atoms. The first-order valence-corrected chi connectivity index (χ1v) is 26.9. The van der Waals surface area contributed by atoms with Gasteiger partial charge in [-0.25, -0.2) is 15.0 Å². The van der Waals surface area contributed by atoms with E-state index in [0.29, 0.717) is 29.3 Å². The lowest BCUT2D eigenvalue weighted by Crippen LogP contribution is -2.59. The normalized spacial score (nSPS) is 20.7. The minimum atomic E-state index is -0.505. The van der Waals surface area contributed by atoms with Crippen LogP contribution >= 0.6 is 0 Å². The third-order valence-corrected chi connectivity index (χ3v) is 17.9. The summed E-state index contributed by atoms with van der Waals surface area (Å²) in [4.78, 5) is 20.2. The van der Waals surface area contributed by atoms with Crippen LogP contribution in [0.1, 0.15) is 65.5 Å². The highest BCUT2D eigenvalue weighted by Crippen LogP contribution is 2.70. The molecule has 4 heteroatoms. The predicted molar refractivity (Wildman–Crippen MR) is 304 cm³/mol. The summed E-state index contributed by atoms with van der Waals surface area (Å²) in [6.45, 7) is 0. The monoisotopic (exact) mass is 962 g/mol. The lowest BCUT2D eigenvalue weighted by atomic mass is 9.38. The van der Waals surface area contributed by atoms with Crippen LogP contribution in [0.5, 0.6) is 0 Å². The first kappa shape index (κ1) is 43.9. The number of nitrogens with zero attached hydrogens (tertiary/aromatic N) is 4. The number of hydrogen-bond acceptors (Lipinski definition) is 4. The van der Waals surface area contributed by atoms with Crippen molar-refractivity contribution in [2.75, 3.05) is 0 Å². The van der Waals surface area contributed by atoms with E-state index in [-0.39, 0.29) is 5.41 Å². The maximum atomic E-state index is 5.20. The third kappa shape index (κ3) is 6.96. The summed E-state index contributed by atoms with van der Waals surface area (Å²) in [7, 11) is 0. The van der Waals surface area contributed by atoms with Gasteiger partial charge < -0.3 is 0 Å². The van der Waals surface area contributed by atoms with Crippen molar-refractivity contribution >= 4 is 10.9 Å². The van der Waals surface area contributed by atoms with E-state index in [1.807, 2.05) is 30.5 Å². The van der Waals surface area contributed by atoms with Crippen LogP contribution in [0.3, 0.4) is 0 Å². The maximum absolute atomic E-state index is 5.20. The van der Waals surface area contributed by atoms with Crippen molar-refractivity contribution in [2.24, 2.45) is 23.7 Å². The molecule has 4 nitrogen and oxygen atoms in total. The summed E-state index contributed by atoms with van der Waals surface area (Å²) in [5.41, 5.74) is 18.8. The second kappa shape index (κ2) is 17.5. The van der Waals surface area contributed by atoms with Gasteiger partial charge >= 0.3 is 0 Å². The van der Waals surface area contributed by atoms with Crippen molar-refractivity contribution in [3.8, 4) is 67.5 Å². The second-order valence-electron chi connectivity index (χ2n) is 21.8. The van der Waals surface area contributed by atoms with Crippen LogP contribution in [0, 0.1) is 23.7 Å². The number of benzene rings is 9. The zero-order valence-electron chi connectivity index (χ0n) is 41.7. The Hall–Kier alpha value is -8.60. The van der Waals surface area contributed by atoms with E-state index in [9.17, 15) is 0 Å². The number of hydrogen-bond donors (Lipinski definition) is 0. The molecule has 0 N–H and O–H groups in total. The van der Waals surface area contributed by atoms with Gasteiger partial charge in [-0.05, 0) is 141 Å². The van der Waals surface area contributed by atoms with Gasteiger partial charge in [0.25, 0.3) is 0 Å². The molecule has 2 heterocycles. The molecule has 0 atom stereocenters. The fourth-order valence-corrected chi connectivity index (χ4v) is 15.0. The Bertz CT molecular complexity index is 3890. The molecular weight excluding hydrogens is 909 g/mol. The zero-order valence-corrected chi connectivity index (χ0v) is 41.7. The molecule has 0 unspecified atom stereocenters. The molecule has 9 aromatic carbocycles. The van der Waals surface area contributed by atoms with Crippen LogP contribution in [0.4, 0.5) is 0 Å². The summed E-state index contributed by atoms with van der Waals surface area (Å²) in [6, 6.07) is 87.1. The lowest BCUT2D eigenvalue weighted by Gasteiger charge is -2.65. The molecule has 16 rings (SSSR count). The van der Waals surface area contributed by atoms with Gasteiger partial charge in [-0.1, -0.05) is 212 Å². The highest BCUT2D eigenvalue weighted by Gasteiger charge is 2.63. The van der Waals surface area contributed by atoms with E-state index >= 15 is 0 Å². The van der Waals surface area contributed by atoms with Crippen LogP contribution < -0.4 is 0 Å². The predicted octanol–water partition coefficient (Wildman–Crippen LogP) is 16.9. The van der Waals surface area contributed by atoms with Crippen molar-refractivity contribution in [2.45, 2.75) is 42.9 Å². The molecule has 4 saturated carbocycles. The summed E-state index contributed by atoms with van der Waals surface area (Å²) in [5, 5.41) is 1.12. The van der Waals surface area contributed by atoms with E-state index in [2.05, 4.69) is 212 Å². The van der Waals surface area contributed by atoms with Gasteiger partial charge in [0.2, 0.25) is 0 Å². The Morgan fingerprint density at radius 3 is 1.41 bits per heavy atom. The summed E-state index contributed by atoms with van der Waals surface area (Å²) < 4.78 is 0. The molecule has 0 radical (unpaired) electrons.